The molecule has 0 spiro atoms. The Labute approximate surface area is 246 Å². The molecule has 222 valence electrons. The normalized spacial score (nSPS) is 18.4. The van der Waals surface area contributed by atoms with Gasteiger partial charge >= 0.3 is 12.1 Å². The minimum atomic E-state index is -5.08. The number of pyridine rings is 1. The number of likely N-dealkylation sites (tertiary alicyclic amines) is 1. The van der Waals surface area contributed by atoms with Gasteiger partial charge in [0.05, 0.1) is 11.1 Å². The van der Waals surface area contributed by atoms with E-state index in [2.05, 4.69) is 21.9 Å². The largest absolute Gasteiger partial charge is 0.490 e. The van der Waals surface area contributed by atoms with Crippen molar-refractivity contribution in [1.29, 1.82) is 10.5 Å². The molecule has 1 amide bonds. The number of carboxylic acids is 1. The summed E-state index contributed by atoms with van der Waals surface area (Å²) in [5.74, 6) is -2.37. The third-order valence-corrected chi connectivity index (χ3v) is 8.91. The second-order valence-corrected chi connectivity index (χ2v) is 11.6. The predicted octanol–water partition coefficient (Wildman–Crippen LogP) is 4.72. The van der Waals surface area contributed by atoms with Crippen molar-refractivity contribution in [2.75, 3.05) is 31.1 Å². The van der Waals surface area contributed by atoms with Crippen molar-refractivity contribution in [2.24, 2.45) is 5.73 Å². The fraction of sp³-hybridized carbons (Fsp3) is 0.483. The fourth-order valence-corrected chi connectivity index (χ4v) is 6.51. The number of carboxylic acid groups (broad SMARTS) is 1. The van der Waals surface area contributed by atoms with Crippen molar-refractivity contribution >= 4 is 29.5 Å². The number of rotatable bonds is 7. The number of anilines is 1. The third-order valence-electron chi connectivity index (χ3n) is 7.65. The quantitative estimate of drug-likeness (QED) is 0.431. The van der Waals surface area contributed by atoms with Gasteiger partial charge in [0.15, 0.2) is 0 Å². The number of amides is 1. The van der Waals surface area contributed by atoms with Gasteiger partial charge in [0, 0.05) is 19.1 Å². The molecule has 1 aliphatic carbocycles. The van der Waals surface area contributed by atoms with Gasteiger partial charge in [-0.3, -0.25) is 4.79 Å². The minimum absolute atomic E-state index is 0.200. The lowest BCUT2D eigenvalue weighted by atomic mass is 9.98. The summed E-state index contributed by atoms with van der Waals surface area (Å²) in [4.78, 5) is 31.0. The summed E-state index contributed by atoms with van der Waals surface area (Å²) in [6.45, 7) is 4.04. The summed E-state index contributed by atoms with van der Waals surface area (Å²) in [5.41, 5.74) is 8.33. The van der Waals surface area contributed by atoms with Crippen LogP contribution in [0.4, 0.5) is 19.0 Å². The first kappa shape index (κ1) is 31.1. The molecule has 1 atom stereocenters. The summed E-state index contributed by atoms with van der Waals surface area (Å²) >= 11 is 1.23. The maximum atomic E-state index is 12.4. The highest BCUT2D eigenvalue weighted by Crippen LogP contribution is 2.48. The summed E-state index contributed by atoms with van der Waals surface area (Å²) < 4.78 is 31.7. The Bertz CT molecular complexity index is 1370. The van der Waals surface area contributed by atoms with E-state index in [0.29, 0.717) is 28.0 Å². The number of carbonyl (C=O) groups is 2. The number of aromatic nitrogens is 1. The van der Waals surface area contributed by atoms with E-state index in [1.807, 2.05) is 30.3 Å². The number of thioether (sulfide) groups is 1. The predicted molar refractivity (Wildman–Crippen MR) is 150 cm³/mol. The van der Waals surface area contributed by atoms with Crippen LogP contribution in [0.1, 0.15) is 71.9 Å². The standard InChI is InChI=1S/C27H30N6OS.C2HF3O2/c28-16-21-23(18-8-9-18)22(17-29)27(35-24(25(30)34)19-6-2-1-3-7-19)31-26(21)33-14-10-20(11-15-33)32-12-4-5-13-32;3-2(4,5)1(6)7/h1-3,6-7,18,20,24H,4-5,8-15H2,(H2,30,34);(H,6,7). The summed E-state index contributed by atoms with van der Waals surface area (Å²) in [6, 6.07) is 14.7. The highest BCUT2D eigenvalue weighted by molar-refractivity contribution is 8.00. The van der Waals surface area contributed by atoms with Crippen LogP contribution in [0.5, 0.6) is 0 Å². The van der Waals surface area contributed by atoms with Crippen molar-refractivity contribution in [3.8, 4) is 12.1 Å². The number of piperidine rings is 1. The zero-order valence-corrected chi connectivity index (χ0v) is 23.6. The van der Waals surface area contributed by atoms with Crippen LogP contribution >= 0.6 is 11.8 Å². The molecule has 13 heteroatoms. The molecule has 5 rings (SSSR count). The maximum absolute atomic E-state index is 12.4. The van der Waals surface area contributed by atoms with Gasteiger partial charge in [-0.05, 0) is 68.7 Å². The third kappa shape index (κ3) is 7.33. The number of benzene rings is 1. The lowest BCUT2D eigenvalue weighted by Gasteiger charge is -2.38. The minimum Gasteiger partial charge on any atom is -0.475 e. The number of alkyl halides is 3. The van der Waals surface area contributed by atoms with Gasteiger partial charge in [0.1, 0.15) is 28.2 Å². The Hall–Kier alpha value is -3.81. The Balaban J connectivity index is 0.000000517. The van der Waals surface area contributed by atoms with Gasteiger partial charge in [0.25, 0.3) is 0 Å². The topological polar surface area (TPSA) is 147 Å². The molecule has 0 bridgehead atoms. The average Bonchev–Trinajstić information content (AvgIpc) is 3.67. The van der Waals surface area contributed by atoms with Gasteiger partial charge < -0.3 is 20.6 Å². The van der Waals surface area contributed by atoms with E-state index in [1.54, 1.807) is 0 Å². The fourth-order valence-electron chi connectivity index (χ4n) is 5.46. The van der Waals surface area contributed by atoms with Crippen LogP contribution < -0.4 is 10.6 Å². The summed E-state index contributed by atoms with van der Waals surface area (Å²) in [5, 5.41) is 27.3. The van der Waals surface area contributed by atoms with Crippen molar-refractivity contribution in [2.45, 2.75) is 66.9 Å². The van der Waals surface area contributed by atoms with Gasteiger partial charge in [-0.25, -0.2) is 9.78 Å². The highest BCUT2D eigenvalue weighted by Gasteiger charge is 2.38. The molecule has 1 unspecified atom stereocenters. The van der Waals surface area contributed by atoms with E-state index in [4.69, 9.17) is 20.6 Å². The number of hydrogen-bond donors (Lipinski definition) is 2. The number of halogens is 3. The Morgan fingerprint density at radius 3 is 2.05 bits per heavy atom. The van der Waals surface area contributed by atoms with E-state index in [1.165, 1.54) is 37.7 Å². The highest BCUT2D eigenvalue weighted by atomic mass is 32.2. The SMILES string of the molecule is N#Cc1c(SC(C(N)=O)c2ccccc2)nc(N2CCC(N3CCCC3)CC2)c(C#N)c1C1CC1.O=C(O)C(F)(F)F. The lowest BCUT2D eigenvalue weighted by molar-refractivity contribution is -0.192. The molecular formula is C29H31F3N6O3S. The molecule has 0 radical (unpaired) electrons. The number of aliphatic carboxylic acids is 1. The number of nitriles is 2. The number of nitrogens with zero attached hydrogens (tertiary/aromatic N) is 5. The van der Waals surface area contributed by atoms with E-state index < -0.39 is 23.3 Å². The van der Waals surface area contributed by atoms with Crippen LogP contribution in [0.15, 0.2) is 35.4 Å². The molecule has 2 aromatic rings. The molecule has 3 N–H and O–H groups in total. The monoisotopic (exact) mass is 600 g/mol. The van der Waals surface area contributed by atoms with Gasteiger partial charge in [-0.15, -0.1) is 0 Å². The van der Waals surface area contributed by atoms with Crippen molar-refractivity contribution in [3.05, 3.63) is 52.6 Å². The van der Waals surface area contributed by atoms with Crippen molar-refractivity contribution in [1.82, 2.24) is 9.88 Å². The molecule has 3 fully saturated rings. The van der Waals surface area contributed by atoms with E-state index >= 15 is 0 Å². The van der Waals surface area contributed by atoms with E-state index in [0.717, 1.165) is 49.9 Å². The van der Waals surface area contributed by atoms with Gasteiger partial charge in [0.2, 0.25) is 5.91 Å². The van der Waals surface area contributed by atoms with Crippen LogP contribution in [0.2, 0.25) is 0 Å². The number of nitrogens with two attached hydrogens (primary N) is 1. The molecule has 2 aliphatic heterocycles. The second kappa shape index (κ2) is 13.4. The Kier molecular flexibility index (Phi) is 9.97. The Morgan fingerprint density at radius 1 is 1.00 bits per heavy atom. The van der Waals surface area contributed by atoms with Gasteiger partial charge in [-0.1, -0.05) is 42.1 Å². The van der Waals surface area contributed by atoms with E-state index in [9.17, 15) is 28.5 Å². The molecule has 42 heavy (non-hydrogen) atoms. The first-order chi connectivity index (χ1) is 20.0. The van der Waals surface area contributed by atoms with Crippen LogP contribution in [-0.2, 0) is 9.59 Å². The molecule has 1 aromatic carbocycles. The number of primary amides is 1. The summed E-state index contributed by atoms with van der Waals surface area (Å²) in [7, 11) is 0. The molecule has 3 aliphatic rings. The second-order valence-electron chi connectivity index (χ2n) is 10.5. The molecular weight excluding hydrogens is 569 g/mol. The first-order valence-corrected chi connectivity index (χ1v) is 14.6. The van der Waals surface area contributed by atoms with Crippen LogP contribution in [0, 0.1) is 22.7 Å². The molecule has 1 aromatic heterocycles. The molecule has 2 saturated heterocycles. The molecule has 3 heterocycles. The molecule has 9 nitrogen and oxygen atoms in total. The lowest BCUT2D eigenvalue weighted by Crippen LogP contribution is -2.44. The number of hydrogen-bond acceptors (Lipinski definition) is 8. The summed E-state index contributed by atoms with van der Waals surface area (Å²) in [6.07, 6.45) is 1.49. The number of carbonyl (C=O) groups excluding carboxylic acids is 1. The average molecular weight is 601 g/mol. The smallest absolute Gasteiger partial charge is 0.475 e. The van der Waals surface area contributed by atoms with Crippen molar-refractivity contribution < 1.29 is 27.9 Å². The van der Waals surface area contributed by atoms with Crippen LogP contribution in [0.25, 0.3) is 0 Å². The maximum Gasteiger partial charge on any atom is 0.490 e. The first-order valence-electron chi connectivity index (χ1n) is 13.7. The van der Waals surface area contributed by atoms with Crippen LogP contribution in [0.3, 0.4) is 0 Å². The van der Waals surface area contributed by atoms with Crippen molar-refractivity contribution in [3.63, 3.8) is 0 Å². The molecule has 1 saturated carbocycles. The zero-order valence-electron chi connectivity index (χ0n) is 22.8. The van der Waals surface area contributed by atoms with Crippen LogP contribution in [-0.4, -0.2) is 65.3 Å². The van der Waals surface area contributed by atoms with E-state index in [-0.39, 0.29) is 5.92 Å². The Morgan fingerprint density at radius 2 is 1.57 bits per heavy atom. The van der Waals surface area contributed by atoms with Gasteiger partial charge in [-0.2, -0.15) is 23.7 Å². The zero-order chi connectivity index (χ0) is 30.4.